The van der Waals surface area contributed by atoms with Gasteiger partial charge in [-0.15, -0.1) is 0 Å². The number of fused-ring (bicyclic) bond motifs is 1. The Labute approximate surface area is 148 Å². The highest BCUT2D eigenvalue weighted by molar-refractivity contribution is 5.74. The van der Waals surface area contributed by atoms with Crippen molar-refractivity contribution in [3.8, 4) is 11.5 Å². The summed E-state index contributed by atoms with van der Waals surface area (Å²) in [5.41, 5.74) is 0.455. The molecule has 1 aromatic carbocycles. The predicted molar refractivity (Wildman–Crippen MR) is 92.4 cm³/mol. The number of benzene rings is 1. The monoisotopic (exact) mass is 349 g/mol. The lowest BCUT2D eigenvalue weighted by Crippen LogP contribution is -2.69. The van der Waals surface area contributed by atoms with Crippen LogP contribution in [0.25, 0.3) is 0 Å². The number of rotatable bonds is 2. The molecular weight excluding hydrogens is 322 g/mol. The summed E-state index contributed by atoms with van der Waals surface area (Å²) in [4.78, 5) is 12.0. The van der Waals surface area contributed by atoms with Gasteiger partial charge in [-0.3, -0.25) is 4.79 Å². The highest BCUT2D eigenvalue weighted by Crippen LogP contribution is 2.46. The minimum Gasteiger partial charge on any atom is -0.508 e. The number of amides is 1. The number of nitrogens with one attached hydrogen (secondary N) is 1. The molecule has 3 N–H and O–H groups in total. The molecule has 6 heteroatoms. The number of carbonyl (C=O) groups is 1. The normalized spacial score (nSPS) is 27.4. The third kappa shape index (κ3) is 3.09. The Morgan fingerprint density at radius 3 is 2.20 bits per heavy atom. The molecule has 6 nitrogen and oxygen atoms in total. The van der Waals surface area contributed by atoms with Crippen LogP contribution in [-0.4, -0.2) is 40.7 Å². The first kappa shape index (κ1) is 18.0. The van der Waals surface area contributed by atoms with Crippen LogP contribution in [0.3, 0.4) is 0 Å². The first-order valence-corrected chi connectivity index (χ1v) is 8.67. The molecule has 0 radical (unpaired) electrons. The van der Waals surface area contributed by atoms with E-state index in [4.69, 9.17) is 9.47 Å². The van der Waals surface area contributed by atoms with Crippen LogP contribution in [0.5, 0.6) is 11.5 Å². The Balaban J connectivity index is 2.01. The lowest BCUT2D eigenvalue weighted by Gasteiger charge is -2.54. The molecule has 1 saturated heterocycles. The number of phenols is 2. The predicted octanol–water partition coefficient (Wildman–Crippen LogP) is 2.25. The van der Waals surface area contributed by atoms with Crippen LogP contribution < -0.4 is 5.32 Å². The van der Waals surface area contributed by atoms with Crippen molar-refractivity contribution in [2.45, 2.75) is 58.3 Å². The zero-order valence-corrected chi connectivity index (χ0v) is 15.3. The van der Waals surface area contributed by atoms with Gasteiger partial charge >= 0.3 is 0 Å². The fourth-order valence-corrected chi connectivity index (χ4v) is 3.84. The van der Waals surface area contributed by atoms with Crippen molar-refractivity contribution in [2.24, 2.45) is 5.41 Å². The summed E-state index contributed by atoms with van der Waals surface area (Å²) >= 11 is 0. The highest BCUT2D eigenvalue weighted by atomic mass is 16.7. The SMILES string of the molecule is CC(=O)NC1(C2(C)OCC(C)(C)CO2)CCc2c(O)ccc(O)c2C1. The molecule has 1 unspecified atom stereocenters. The molecule has 0 aromatic heterocycles. The summed E-state index contributed by atoms with van der Waals surface area (Å²) in [5.74, 6) is -0.909. The number of phenolic OH excluding ortho intramolecular Hbond substituents is 2. The average molecular weight is 349 g/mol. The van der Waals surface area contributed by atoms with Crippen molar-refractivity contribution in [3.05, 3.63) is 23.3 Å². The molecule has 1 aliphatic heterocycles. The van der Waals surface area contributed by atoms with E-state index in [0.29, 0.717) is 38.0 Å². The van der Waals surface area contributed by atoms with E-state index in [1.807, 2.05) is 6.92 Å². The van der Waals surface area contributed by atoms with Crippen LogP contribution >= 0.6 is 0 Å². The van der Waals surface area contributed by atoms with Gasteiger partial charge in [0.15, 0.2) is 5.79 Å². The largest absolute Gasteiger partial charge is 0.508 e. The van der Waals surface area contributed by atoms with Crippen LogP contribution in [0.15, 0.2) is 12.1 Å². The third-order valence-electron chi connectivity index (χ3n) is 5.42. The molecule has 0 spiro atoms. The van der Waals surface area contributed by atoms with E-state index in [1.54, 1.807) is 0 Å². The number of hydrogen-bond donors (Lipinski definition) is 3. The van der Waals surface area contributed by atoms with Gasteiger partial charge in [0.05, 0.1) is 18.8 Å². The summed E-state index contributed by atoms with van der Waals surface area (Å²) in [6.45, 7) is 8.49. The molecule has 0 saturated carbocycles. The average Bonchev–Trinajstić information content (AvgIpc) is 2.53. The molecule has 1 heterocycles. The van der Waals surface area contributed by atoms with Crippen molar-refractivity contribution in [3.63, 3.8) is 0 Å². The van der Waals surface area contributed by atoms with Crippen LogP contribution in [-0.2, 0) is 27.1 Å². The summed E-state index contributed by atoms with van der Waals surface area (Å²) in [6, 6.07) is 2.98. The second-order valence-electron chi connectivity index (χ2n) is 8.19. The van der Waals surface area contributed by atoms with Crippen molar-refractivity contribution >= 4 is 5.91 Å². The molecular formula is C19H27NO5. The lowest BCUT2D eigenvalue weighted by molar-refractivity contribution is -0.323. The minimum atomic E-state index is -1.01. The molecule has 0 bridgehead atoms. The highest BCUT2D eigenvalue weighted by Gasteiger charge is 2.55. The maximum absolute atomic E-state index is 12.0. The number of aromatic hydroxyl groups is 2. The Morgan fingerprint density at radius 1 is 1.08 bits per heavy atom. The first-order valence-electron chi connectivity index (χ1n) is 8.67. The summed E-state index contributed by atoms with van der Waals surface area (Å²) < 4.78 is 12.3. The van der Waals surface area contributed by atoms with E-state index >= 15 is 0 Å². The van der Waals surface area contributed by atoms with Crippen LogP contribution in [0.4, 0.5) is 0 Å². The van der Waals surface area contributed by atoms with E-state index in [9.17, 15) is 15.0 Å². The maximum atomic E-state index is 12.0. The van der Waals surface area contributed by atoms with Crippen molar-refractivity contribution in [1.29, 1.82) is 0 Å². The lowest BCUT2D eigenvalue weighted by atomic mass is 9.72. The van der Waals surface area contributed by atoms with Crippen LogP contribution in [0.2, 0.25) is 0 Å². The number of hydrogen-bond acceptors (Lipinski definition) is 5. The Morgan fingerprint density at radius 2 is 1.64 bits per heavy atom. The molecule has 1 amide bonds. The molecule has 1 atom stereocenters. The fraction of sp³-hybridized carbons (Fsp3) is 0.632. The number of carbonyl (C=O) groups excluding carboxylic acids is 1. The van der Waals surface area contributed by atoms with E-state index < -0.39 is 11.3 Å². The van der Waals surface area contributed by atoms with Gasteiger partial charge in [0.2, 0.25) is 5.91 Å². The van der Waals surface area contributed by atoms with E-state index in [2.05, 4.69) is 19.2 Å². The second-order valence-corrected chi connectivity index (χ2v) is 8.19. The van der Waals surface area contributed by atoms with Crippen LogP contribution in [0, 0.1) is 5.41 Å². The second kappa shape index (κ2) is 5.88. The molecule has 138 valence electrons. The van der Waals surface area contributed by atoms with Gasteiger partial charge in [-0.05, 0) is 31.9 Å². The minimum absolute atomic E-state index is 0.0933. The Bertz CT molecular complexity index is 689. The van der Waals surface area contributed by atoms with Gasteiger partial charge in [0.25, 0.3) is 0 Å². The molecule has 25 heavy (non-hydrogen) atoms. The summed E-state index contributed by atoms with van der Waals surface area (Å²) in [6.07, 6.45) is 1.40. The Kier molecular flexibility index (Phi) is 4.24. The molecule has 2 aliphatic rings. The molecule has 1 aliphatic carbocycles. The fourth-order valence-electron chi connectivity index (χ4n) is 3.84. The van der Waals surface area contributed by atoms with E-state index in [1.165, 1.54) is 19.1 Å². The van der Waals surface area contributed by atoms with Crippen LogP contribution in [0.1, 0.15) is 45.2 Å². The summed E-state index contributed by atoms with van der Waals surface area (Å²) in [5, 5.41) is 23.5. The smallest absolute Gasteiger partial charge is 0.217 e. The molecule has 1 aromatic rings. The van der Waals surface area contributed by atoms with Crippen molar-refractivity contribution in [1.82, 2.24) is 5.32 Å². The quantitative estimate of drug-likeness (QED) is 0.713. The zero-order chi connectivity index (χ0) is 18.5. The van der Waals surface area contributed by atoms with Gasteiger partial charge in [-0.25, -0.2) is 0 Å². The van der Waals surface area contributed by atoms with Gasteiger partial charge in [0, 0.05) is 29.9 Å². The third-order valence-corrected chi connectivity index (χ3v) is 5.42. The van der Waals surface area contributed by atoms with Crippen molar-refractivity contribution in [2.75, 3.05) is 13.2 Å². The summed E-state index contributed by atoms with van der Waals surface area (Å²) in [7, 11) is 0. The first-order chi connectivity index (χ1) is 11.6. The maximum Gasteiger partial charge on any atom is 0.217 e. The van der Waals surface area contributed by atoms with E-state index in [-0.39, 0.29) is 22.8 Å². The van der Waals surface area contributed by atoms with E-state index in [0.717, 1.165) is 5.56 Å². The number of ether oxygens (including phenoxy) is 2. The topological polar surface area (TPSA) is 88.0 Å². The van der Waals surface area contributed by atoms with Gasteiger partial charge in [0.1, 0.15) is 11.5 Å². The van der Waals surface area contributed by atoms with Crippen molar-refractivity contribution < 1.29 is 24.5 Å². The molecule has 1 fully saturated rings. The van der Waals surface area contributed by atoms with Gasteiger partial charge < -0.3 is 25.0 Å². The standard InChI is InChI=1S/C19H27NO5/c1-12(21)20-19(18(4)24-10-17(2,3)11-25-18)8-7-13-14(9-19)16(23)6-5-15(13)22/h5-6,22-23H,7-11H2,1-4H3,(H,20,21). The van der Waals surface area contributed by atoms with Gasteiger partial charge in [-0.2, -0.15) is 0 Å². The molecule has 3 rings (SSSR count). The zero-order valence-electron chi connectivity index (χ0n) is 15.3. The Hall–Kier alpha value is -1.79. The van der Waals surface area contributed by atoms with Gasteiger partial charge in [-0.1, -0.05) is 13.8 Å².